The molecule has 0 aliphatic carbocycles. The highest BCUT2D eigenvalue weighted by atomic mass is 32.1. The van der Waals surface area contributed by atoms with Crippen molar-refractivity contribution < 1.29 is 4.42 Å². The Labute approximate surface area is 689 Å². The Balaban J connectivity index is 0.000000160. The van der Waals surface area contributed by atoms with Crippen molar-refractivity contribution >= 4 is 75.0 Å². The molecule has 0 saturated heterocycles. The standard InChI is InChI=1S/C14H12O.C14H12S.C14H14.2C12H12.C12H18.C10H14.3C8H10/c2*1-9-3-5-11-12-6-4-10(2)8-14(12)15-13(11)7-9;1-11-8-12(2)10-14(9-11)13-6-4-3-5-7-13;1-9-5-3-8-12-10(2)6-4-7-11(9)12;1-9-7-8-10(2)12-6-4-3-5-11(9)12;1-7-8(2)10(4)12(6)11(5)9(7)3;1-7-5-9(3)10(4)6-8(7)2;1-7-3-5-8(2)6-4-7;1-7-4-3-5-8(2)6-7;1-7-5-3-4-6-8(7)2/h2*3-8H,1-2H3;3-10H,1-2H3;2*3-8H,1-2H3;1-6H3;5-6H,1-4H3;3*3-6H,1-2H3. The highest BCUT2D eigenvalue weighted by molar-refractivity contribution is 7.25. The van der Waals surface area contributed by atoms with E-state index >= 15 is 0 Å². The lowest BCUT2D eigenvalue weighted by molar-refractivity contribution is 0.668. The molecule has 0 radical (unpaired) electrons. The fraction of sp³-hybridized carbons (Fsp3) is 0.232. The number of fused-ring (bicyclic) bond motifs is 8. The molecule has 0 unspecified atom stereocenters. The van der Waals surface area contributed by atoms with E-state index in [0.29, 0.717) is 0 Å². The summed E-state index contributed by atoms with van der Waals surface area (Å²) < 4.78 is 8.61. The summed E-state index contributed by atoms with van der Waals surface area (Å²) in [7, 11) is 0. The van der Waals surface area contributed by atoms with Gasteiger partial charge in [-0.25, -0.2) is 0 Å². The second-order valence-corrected chi connectivity index (χ2v) is 32.7. The molecule has 2 heteroatoms. The molecule has 1 nitrogen and oxygen atoms in total. The first-order chi connectivity index (χ1) is 54.3. The molecule has 0 aliphatic heterocycles. The van der Waals surface area contributed by atoms with Crippen LogP contribution in [0.5, 0.6) is 0 Å². The topological polar surface area (TPSA) is 13.1 Å². The fourth-order valence-corrected chi connectivity index (χ4v) is 15.2. The zero-order valence-corrected chi connectivity index (χ0v) is 74.2. The van der Waals surface area contributed by atoms with Gasteiger partial charge in [0.1, 0.15) is 11.2 Å². The van der Waals surface area contributed by atoms with Gasteiger partial charge in [-0.2, -0.15) is 0 Å². The van der Waals surface area contributed by atoms with Gasteiger partial charge < -0.3 is 4.42 Å². The van der Waals surface area contributed by atoms with E-state index in [0.717, 1.165) is 11.2 Å². The van der Waals surface area contributed by atoms with Crippen molar-refractivity contribution in [3.63, 3.8) is 0 Å². The summed E-state index contributed by atoms with van der Waals surface area (Å²) in [6.07, 6.45) is 0. The van der Waals surface area contributed by atoms with Gasteiger partial charge in [-0.3, -0.25) is 0 Å². The number of hydrogen-bond donors (Lipinski definition) is 0. The first kappa shape index (κ1) is 88.4. The van der Waals surface area contributed by atoms with Crippen LogP contribution in [0.2, 0.25) is 0 Å². The van der Waals surface area contributed by atoms with Crippen LogP contribution in [0.3, 0.4) is 0 Å². The molecule has 15 aromatic carbocycles. The largest absolute Gasteiger partial charge is 0.456 e. The molecular weight excluding hydrogens is 1390 g/mol. The molecule has 584 valence electrons. The molecule has 17 aromatic rings. The first-order valence-corrected chi connectivity index (χ1v) is 41.1. The lowest BCUT2D eigenvalue weighted by Gasteiger charge is -2.15. The van der Waals surface area contributed by atoms with E-state index < -0.39 is 0 Å². The average molecular weight is 1520 g/mol. The zero-order chi connectivity index (χ0) is 83.0. The van der Waals surface area contributed by atoms with Crippen LogP contribution in [0.25, 0.3) is 74.8 Å². The number of thiophene rings is 1. The van der Waals surface area contributed by atoms with Gasteiger partial charge >= 0.3 is 0 Å². The highest BCUT2D eigenvalue weighted by Crippen LogP contribution is 2.36. The smallest absolute Gasteiger partial charge is 0.135 e. The van der Waals surface area contributed by atoms with Gasteiger partial charge in [0.05, 0.1) is 0 Å². The Hall–Kier alpha value is -11.2. The van der Waals surface area contributed by atoms with Gasteiger partial charge in [0.25, 0.3) is 0 Å². The van der Waals surface area contributed by atoms with Crippen LogP contribution < -0.4 is 0 Å². The van der Waals surface area contributed by atoms with Crippen molar-refractivity contribution in [2.24, 2.45) is 0 Å². The third-order valence-electron chi connectivity index (χ3n) is 21.9. The van der Waals surface area contributed by atoms with Crippen molar-refractivity contribution in [3.05, 3.63) is 424 Å². The fourth-order valence-electron chi connectivity index (χ4n) is 13.9. The Morgan fingerprint density at radius 3 is 0.772 bits per heavy atom. The lowest BCUT2D eigenvalue weighted by Crippen LogP contribution is -1.98. The highest BCUT2D eigenvalue weighted by Gasteiger charge is 2.10. The van der Waals surface area contributed by atoms with Crippen molar-refractivity contribution in [1.29, 1.82) is 0 Å². The Morgan fingerprint density at radius 2 is 0.430 bits per heavy atom. The zero-order valence-electron chi connectivity index (χ0n) is 73.4. The summed E-state index contributed by atoms with van der Waals surface area (Å²) in [5.74, 6) is 0. The summed E-state index contributed by atoms with van der Waals surface area (Å²) in [5, 5.41) is 10.7. The summed E-state index contributed by atoms with van der Waals surface area (Å²) in [5.41, 5.74) is 40.1. The maximum absolute atomic E-state index is 5.81. The first-order valence-electron chi connectivity index (χ1n) is 40.3. The summed E-state index contributed by atoms with van der Waals surface area (Å²) in [6.45, 7) is 55.9. The number of furan rings is 1. The second-order valence-electron chi connectivity index (χ2n) is 31.6. The predicted octanol–water partition coefficient (Wildman–Crippen LogP) is 33.1. The SMILES string of the molecule is Cc1c(C)c(C)c(C)c(C)c1C.Cc1cc(C)c(C)cc1C.Cc1cc(C)cc(-c2ccccc2)c1.Cc1ccc(C)c2ccccc12.Cc1ccc(C)cc1.Cc1ccc2c(c1)oc1cc(C)ccc12.Cc1ccc2c(c1)sc1cc(C)ccc12.Cc1cccc(C)c1.Cc1cccc2c(C)cccc12.Cc1ccccc1C. The third-order valence-corrected chi connectivity index (χ3v) is 23.0. The Kier molecular flexibility index (Phi) is 32.6. The van der Waals surface area contributed by atoms with Gasteiger partial charge in [0, 0.05) is 30.9 Å². The van der Waals surface area contributed by atoms with E-state index in [1.54, 1.807) is 0 Å². The summed E-state index contributed by atoms with van der Waals surface area (Å²) in [6, 6.07) is 98.8. The van der Waals surface area contributed by atoms with Crippen molar-refractivity contribution in [1.82, 2.24) is 0 Å². The minimum atomic E-state index is 0.982. The monoisotopic (exact) mass is 1520 g/mol. The summed E-state index contributed by atoms with van der Waals surface area (Å²) in [4.78, 5) is 0. The molecule has 0 N–H and O–H groups in total. The van der Waals surface area contributed by atoms with E-state index in [9.17, 15) is 0 Å². The molecule has 0 amide bonds. The molecule has 2 aromatic heterocycles. The van der Waals surface area contributed by atoms with Crippen LogP contribution in [0, 0.1) is 180 Å². The molecule has 0 bridgehead atoms. The molecule has 0 saturated carbocycles. The van der Waals surface area contributed by atoms with E-state index in [1.807, 2.05) is 17.4 Å². The Bertz CT molecular complexity index is 5450. The number of benzene rings is 15. The predicted molar refractivity (Wildman–Crippen MR) is 508 cm³/mol. The van der Waals surface area contributed by atoms with E-state index in [2.05, 4.69) is 453 Å². The van der Waals surface area contributed by atoms with E-state index in [1.165, 1.54) is 208 Å². The van der Waals surface area contributed by atoms with Gasteiger partial charge in [0.2, 0.25) is 0 Å². The lowest BCUT2D eigenvalue weighted by atomic mass is 9.90. The van der Waals surface area contributed by atoms with Gasteiger partial charge in [-0.05, 0) is 348 Å². The Morgan fingerprint density at radius 1 is 0.158 bits per heavy atom. The molecule has 0 aliphatic rings. The van der Waals surface area contributed by atoms with Crippen LogP contribution in [0.1, 0.15) is 145 Å². The third kappa shape index (κ3) is 25.2. The normalized spacial score (nSPS) is 10.4. The van der Waals surface area contributed by atoms with E-state index in [-0.39, 0.29) is 0 Å². The summed E-state index contributed by atoms with van der Waals surface area (Å²) >= 11 is 1.89. The minimum Gasteiger partial charge on any atom is -0.456 e. The van der Waals surface area contributed by atoms with Crippen molar-refractivity contribution in [2.45, 2.75) is 180 Å². The van der Waals surface area contributed by atoms with Crippen LogP contribution >= 0.6 is 11.3 Å². The molecule has 17 rings (SSSR count). The van der Waals surface area contributed by atoms with Crippen LogP contribution in [0.4, 0.5) is 0 Å². The maximum atomic E-state index is 5.81. The molecule has 2 heterocycles. The van der Waals surface area contributed by atoms with E-state index in [4.69, 9.17) is 4.42 Å². The number of aryl methyl sites for hydroxylation is 20. The molecule has 0 atom stereocenters. The molecule has 0 fully saturated rings. The van der Waals surface area contributed by atoms with Gasteiger partial charge in [0.15, 0.2) is 0 Å². The molecule has 0 spiro atoms. The van der Waals surface area contributed by atoms with Crippen molar-refractivity contribution in [2.75, 3.05) is 0 Å². The minimum absolute atomic E-state index is 0.982. The van der Waals surface area contributed by atoms with Crippen LogP contribution in [-0.4, -0.2) is 0 Å². The molecular formula is C112H124OS. The van der Waals surface area contributed by atoms with Gasteiger partial charge in [-0.1, -0.05) is 288 Å². The number of rotatable bonds is 1. The maximum Gasteiger partial charge on any atom is 0.135 e. The van der Waals surface area contributed by atoms with Crippen LogP contribution in [-0.2, 0) is 0 Å². The van der Waals surface area contributed by atoms with Crippen molar-refractivity contribution in [3.8, 4) is 11.1 Å². The van der Waals surface area contributed by atoms with Gasteiger partial charge in [-0.15, -0.1) is 11.3 Å². The van der Waals surface area contributed by atoms with Crippen LogP contribution in [0.15, 0.2) is 283 Å². The quantitative estimate of drug-likeness (QED) is 0.160. The number of hydrogen-bond acceptors (Lipinski definition) is 2. The molecule has 114 heavy (non-hydrogen) atoms. The average Bonchev–Trinajstić information content (AvgIpc) is 1.63. The second kappa shape index (κ2) is 42.1.